The van der Waals surface area contributed by atoms with E-state index >= 15 is 0 Å². The summed E-state index contributed by atoms with van der Waals surface area (Å²) in [5.41, 5.74) is 7.30. The van der Waals surface area contributed by atoms with Gasteiger partial charge in [0.15, 0.2) is 0 Å². The fourth-order valence-electron chi connectivity index (χ4n) is 3.54. The number of aromatic nitrogens is 4. The minimum atomic E-state index is -1.15. The number of carboxylic acid groups (broad SMARTS) is 1. The minimum Gasteiger partial charge on any atom is -0.480 e. The first-order valence-electron chi connectivity index (χ1n) is 12.0. The molecule has 204 valence electrons. The molecule has 0 fully saturated rings. The molecule has 0 aromatic carbocycles. The highest BCUT2D eigenvalue weighted by atomic mass is 32.2. The zero-order valence-corrected chi connectivity index (χ0v) is 22.0. The van der Waals surface area contributed by atoms with Crippen molar-refractivity contribution in [1.29, 1.82) is 0 Å². The van der Waals surface area contributed by atoms with Gasteiger partial charge in [0.25, 0.3) is 0 Å². The minimum absolute atomic E-state index is 0.0792. The molecule has 5 atom stereocenters. The Kier molecular flexibility index (Phi) is 12.1. The number of carbonyl (C=O) groups excluding carboxylic acids is 3. The van der Waals surface area contributed by atoms with Crippen molar-refractivity contribution < 1.29 is 24.3 Å². The number of H-pyrrole nitrogens is 2. The number of thioether (sulfide) groups is 1. The predicted molar refractivity (Wildman–Crippen MR) is 138 cm³/mol. The van der Waals surface area contributed by atoms with Crippen molar-refractivity contribution in [2.24, 2.45) is 11.7 Å². The molecule has 0 aliphatic rings. The normalized spacial score (nSPS) is 15.1. The summed E-state index contributed by atoms with van der Waals surface area (Å²) in [5.74, 6) is -2.66. The summed E-state index contributed by atoms with van der Waals surface area (Å²) in [5, 5.41) is 17.5. The smallest absolute Gasteiger partial charge is 0.326 e. The summed E-state index contributed by atoms with van der Waals surface area (Å²) in [6.07, 6.45) is 8.96. The SMILES string of the molecule is CCC(C)C(NC(=O)C(CCSC)NC(=O)C(Cc1cnc[nH]1)NC(=O)C(N)Cc1cnc[nH]1)C(=O)O. The van der Waals surface area contributed by atoms with Crippen LogP contribution in [0.1, 0.15) is 38.1 Å². The third-order valence-electron chi connectivity index (χ3n) is 5.96. The van der Waals surface area contributed by atoms with Gasteiger partial charge in [-0.25, -0.2) is 14.8 Å². The molecule has 0 saturated heterocycles. The number of rotatable bonds is 16. The fraction of sp³-hybridized carbons (Fsp3) is 0.565. The quantitative estimate of drug-likeness (QED) is 0.148. The Morgan fingerprint density at radius 2 is 1.54 bits per heavy atom. The first kappa shape index (κ1) is 29.8. The van der Waals surface area contributed by atoms with Gasteiger partial charge >= 0.3 is 5.97 Å². The molecule has 2 aromatic heterocycles. The zero-order valence-electron chi connectivity index (χ0n) is 21.2. The molecule has 0 saturated carbocycles. The Labute approximate surface area is 219 Å². The van der Waals surface area contributed by atoms with Gasteiger partial charge in [0, 0.05) is 36.6 Å². The number of nitrogens with one attached hydrogen (secondary N) is 5. The van der Waals surface area contributed by atoms with Crippen LogP contribution in [0, 0.1) is 5.92 Å². The van der Waals surface area contributed by atoms with Gasteiger partial charge in [0.05, 0.1) is 18.7 Å². The van der Waals surface area contributed by atoms with Gasteiger partial charge in [-0.1, -0.05) is 20.3 Å². The number of hydrogen-bond donors (Lipinski definition) is 7. The highest BCUT2D eigenvalue weighted by Gasteiger charge is 2.32. The van der Waals surface area contributed by atoms with E-state index in [-0.39, 0.29) is 25.2 Å². The molecule has 14 heteroatoms. The van der Waals surface area contributed by atoms with E-state index in [2.05, 4.69) is 35.9 Å². The molecule has 13 nitrogen and oxygen atoms in total. The van der Waals surface area contributed by atoms with Crippen LogP contribution in [-0.2, 0) is 32.0 Å². The number of carbonyl (C=O) groups is 4. The standard InChI is InChI=1S/C23H36N8O5S/c1-4-13(2)19(23(35)36)31-21(33)17(5-6-37-3)29-22(34)18(8-15-10-26-12-28-15)30-20(32)16(24)7-14-9-25-11-27-14/h9-13,16-19H,4-8,24H2,1-3H3,(H,25,27)(H,26,28)(H,29,34)(H,30,32)(H,31,33)(H,35,36). The van der Waals surface area contributed by atoms with Crippen LogP contribution in [-0.4, -0.2) is 84.9 Å². The van der Waals surface area contributed by atoms with E-state index in [1.54, 1.807) is 13.1 Å². The second-order valence-electron chi connectivity index (χ2n) is 8.78. The number of amides is 3. The van der Waals surface area contributed by atoms with Gasteiger partial charge in [-0.05, 0) is 24.3 Å². The van der Waals surface area contributed by atoms with Crippen molar-refractivity contribution in [1.82, 2.24) is 35.9 Å². The molecule has 0 aliphatic carbocycles. The molecule has 0 radical (unpaired) electrons. The summed E-state index contributed by atoms with van der Waals surface area (Å²) in [7, 11) is 0. The van der Waals surface area contributed by atoms with Gasteiger partial charge in [-0.15, -0.1) is 0 Å². The van der Waals surface area contributed by atoms with Gasteiger partial charge in [0.2, 0.25) is 17.7 Å². The summed E-state index contributed by atoms with van der Waals surface area (Å²) < 4.78 is 0. The van der Waals surface area contributed by atoms with Crippen molar-refractivity contribution in [2.45, 2.75) is 63.7 Å². The lowest BCUT2D eigenvalue weighted by Gasteiger charge is -2.26. The third-order valence-corrected chi connectivity index (χ3v) is 6.61. The number of aromatic amines is 2. The highest BCUT2D eigenvalue weighted by molar-refractivity contribution is 7.98. The number of carboxylic acids is 1. The molecule has 0 bridgehead atoms. The number of nitrogens with zero attached hydrogens (tertiary/aromatic N) is 2. The van der Waals surface area contributed by atoms with Gasteiger partial charge < -0.3 is 36.8 Å². The van der Waals surface area contributed by atoms with Crippen LogP contribution in [0.5, 0.6) is 0 Å². The maximum atomic E-state index is 13.3. The number of aliphatic carboxylic acids is 1. The molecule has 5 unspecified atom stereocenters. The average molecular weight is 537 g/mol. The van der Waals surface area contributed by atoms with Gasteiger partial charge in [-0.3, -0.25) is 14.4 Å². The van der Waals surface area contributed by atoms with Crippen LogP contribution < -0.4 is 21.7 Å². The van der Waals surface area contributed by atoms with Crippen molar-refractivity contribution in [3.05, 3.63) is 36.4 Å². The van der Waals surface area contributed by atoms with Crippen LogP contribution in [0.4, 0.5) is 0 Å². The van der Waals surface area contributed by atoms with Crippen LogP contribution >= 0.6 is 11.8 Å². The lowest BCUT2D eigenvalue weighted by Crippen LogP contribution is -2.58. The molecular weight excluding hydrogens is 500 g/mol. The van der Waals surface area contributed by atoms with Crippen molar-refractivity contribution in [2.75, 3.05) is 12.0 Å². The molecular formula is C23H36N8O5S. The zero-order chi connectivity index (χ0) is 27.4. The van der Waals surface area contributed by atoms with E-state index in [0.29, 0.717) is 23.6 Å². The second kappa shape index (κ2) is 15.0. The first-order chi connectivity index (χ1) is 17.7. The largest absolute Gasteiger partial charge is 0.480 e. The van der Waals surface area contributed by atoms with Crippen molar-refractivity contribution in [3.63, 3.8) is 0 Å². The Morgan fingerprint density at radius 3 is 2.05 bits per heavy atom. The number of imidazole rings is 2. The fourth-order valence-corrected chi connectivity index (χ4v) is 4.02. The first-order valence-corrected chi connectivity index (χ1v) is 13.4. The molecule has 0 spiro atoms. The van der Waals surface area contributed by atoms with E-state index in [4.69, 9.17) is 5.73 Å². The molecule has 2 aromatic rings. The molecule has 8 N–H and O–H groups in total. The number of hydrogen-bond acceptors (Lipinski definition) is 8. The molecule has 0 aliphatic heterocycles. The summed E-state index contributed by atoms with van der Waals surface area (Å²) >= 11 is 1.48. The summed E-state index contributed by atoms with van der Waals surface area (Å²) in [6.45, 7) is 3.57. The Morgan fingerprint density at radius 1 is 0.973 bits per heavy atom. The van der Waals surface area contributed by atoms with Crippen LogP contribution in [0.3, 0.4) is 0 Å². The van der Waals surface area contributed by atoms with Gasteiger partial charge in [-0.2, -0.15) is 11.8 Å². The second-order valence-corrected chi connectivity index (χ2v) is 9.77. The van der Waals surface area contributed by atoms with Crippen LogP contribution in [0.2, 0.25) is 0 Å². The molecule has 37 heavy (non-hydrogen) atoms. The molecule has 3 amide bonds. The van der Waals surface area contributed by atoms with Gasteiger partial charge in [0.1, 0.15) is 18.1 Å². The maximum Gasteiger partial charge on any atom is 0.326 e. The maximum absolute atomic E-state index is 13.3. The van der Waals surface area contributed by atoms with E-state index in [1.165, 1.54) is 30.6 Å². The average Bonchev–Trinajstić information content (AvgIpc) is 3.58. The van der Waals surface area contributed by atoms with Crippen LogP contribution in [0.25, 0.3) is 0 Å². The topological polar surface area (TPSA) is 208 Å². The summed E-state index contributed by atoms with van der Waals surface area (Å²) in [6, 6.07) is -4.09. The van der Waals surface area contributed by atoms with E-state index < -0.39 is 47.9 Å². The lowest BCUT2D eigenvalue weighted by molar-refractivity contribution is -0.143. The van der Waals surface area contributed by atoms with Crippen molar-refractivity contribution >= 4 is 35.5 Å². The Balaban J connectivity index is 2.16. The predicted octanol–water partition coefficient (Wildman–Crippen LogP) is -0.416. The monoisotopic (exact) mass is 536 g/mol. The number of nitrogens with two attached hydrogens (primary N) is 1. The van der Waals surface area contributed by atoms with Crippen LogP contribution in [0.15, 0.2) is 25.0 Å². The summed E-state index contributed by atoms with van der Waals surface area (Å²) in [4.78, 5) is 64.5. The third kappa shape index (κ3) is 9.53. The Bertz CT molecular complexity index is 1000. The van der Waals surface area contributed by atoms with E-state index in [0.717, 1.165) is 0 Å². The highest BCUT2D eigenvalue weighted by Crippen LogP contribution is 2.10. The van der Waals surface area contributed by atoms with E-state index in [9.17, 15) is 24.3 Å². The Hall–Kier alpha value is -3.39. The lowest BCUT2D eigenvalue weighted by atomic mass is 9.98. The van der Waals surface area contributed by atoms with Crippen molar-refractivity contribution in [3.8, 4) is 0 Å². The molecule has 2 heterocycles. The van der Waals surface area contributed by atoms with E-state index in [1.807, 2.05) is 13.2 Å². The molecule has 2 rings (SSSR count).